The topological polar surface area (TPSA) is 141 Å². The number of benzene rings is 1. The SMILES string of the molecule is CC[C@@H]1CN(c2nc(=O)n(C)c3ccc(C#N)nc23)[C@@H](C)CN1c1c(C(F)(F)F)ccc(NC(C)=O)c1CCS(C)(=O)=O. The molecule has 2 atom stereocenters. The highest BCUT2D eigenvalue weighted by Crippen LogP contribution is 2.44. The van der Waals surface area contributed by atoms with E-state index >= 15 is 0 Å². The molecule has 4 rings (SSSR count). The van der Waals surface area contributed by atoms with E-state index in [0.29, 0.717) is 17.5 Å². The third kappa shape index (κ3) is 6.58. The molecule has 1 N–H and O–H groups in total. The molecule has 43 heavy (non-hydrogen) atoms. The zero-order chi connectivity index (χ0) is 31.9. The molecule has 230 valence electrons. The van der Waals surface area contributed by atoms with Crippen LogP contribution in [0.3, 0.4) is 0 Å². The Bertz CT molecular complexity index is 1780. The number of alkyl halides is 3. The number of nitriles is 1. The molecule has 1 saturated heterocycles. The van der Waals surface area contributed by atoms with Gasteiger partial charge >= 0.3 is 11.9 Å². The van der Waals surface area contributed by atoms with Gasteiger partial charge in [-0.3, -0.25) is 9.36 Å². The average molecular weight is 620 g/mol. The van der Waals surface area contributed by atoms with E-state index in [1.54, 1.807) is 17.9 Å². The van der Waals surface area contributed by atoms with Gasteiger partial charge in [0, 0.05) is 56.7 Å². The third-order valence-electron chi connectivity index (χ3n) is 7.54. The van der Waals surface area contributed by atoms with Crippen LogP contribution in [0.15, 0.2) is 29.1 Å². The number of amides is 1. The molecule has 2 aromatic heterocycles. The van der Waals surface area contributed by atoms with Gasteiger partial charge in [0.25, 0.3) is 0 Å². The molecule has 1 aliphatic rings. The van der Waals surface area contributed by atoms with Gasteiger partial charge in [-0.1, -0.05) is 6.92 Å². The Morgan fingerprint density at radius 1 is 1.16 bits per heavy atom. The van der Waals surface area contributed by atoms with Crippen molar-refractivity contribution < 1.29 is 26.4 Å². The number of fused-ring (bicyclic) bond motifs is 1. The maximum absolute atomic E-state index is 14.5. The lowest BCUT2D eigenvalue weighted by Crippen LogP contribution is -2.58. The number of anilines is 3. The van der Waals surface area contributed by atoms with Crippen LogP contribution in [0.25, 0.3) is 11.0 Å². The third-order valence-corrected chi connectivity index (χ3v) is 8.49. The summed E-state index contributed by atoms with van der Waals surface area (Å²) < 4.78 is 69.1. The predicted molar refractivity (Wildman–Crippen MR) is 157 cm³/mol. The lowest BCUT2D eigenvalue weighted by Gasteiger charge is -2.48. The number of sulfone groups is 1. The summed E-state index contributed by atoms with van der Waals surface area (Å²) in [6, 6.07) is 6.08. The Labute approximate surface area is 246 Å². The van der Waals surface area contributed by atoms with Crippen LogP contribution in [-0.2, 0) is 34.3 Å². The number of hydrogen-bond acceptors (Lipinski definition) is 9. The number of aryl methyl sites for hydroxylation is 1. The number of nitrogens with one attached hydrogen (secondary N) is 1. The molecule has 0 aliphatic carbocycles. The quantitative estimate of drug-likeness (QED) is 0.422. The second-order valence-corrected chi connectivity index (χ2v) is 13.0. The molecule has 11 nitrogen and oxygen atoms in total. The van der Waals surface area contributed by atoms with Gasteiger partial charge in [0.15, 0.2) is 5.82 Å². The first-order chi connectivity index (χ1) is 20.1. The smallest absolute Gasteiger partial charge is 0.364 e. The predicted octanol–water partition coefficient (Wildman–Crippen LogP) is 3.26. The second-order valence-electron chi connectivity index (χ2n) is 10.7. The zero-order valence-corrected chi connectivity index (χ0v) is 25.2. The van der Waals surface area contributed by atoms with Crippen molar-refractivity contribution in [3.63, 3.8) is 0 Å². The summed E-state index contributed by atoms with van der Waals surface area (Å²) in [7, 11) is -2.03. The molecule has 3 heterocycles. The maximum Gasteiger partial charge on any atom is 0.418 e. The van der Waals surface area contributed by atoms with Crippen molar-refractivity contribution in [2.75, 3.05) is 40.2 Å². The number of carbonyl (C=O) groups excluding carboxylic acids is 1. The van der Waals surface area contributed by atoms with E-state index in [2.05, 4.69) is 15.3 Å². The molecule has 1 amide bonds. The highest BCUT2D eigenvalue weighted by Gasteiger charge is 2.41. The van der Waals surface area contributed by atoms with Crippen molar-refractivity contribution in [2.24, 2.45) is 7.05 Å². The van der Waals surface area contributed by atoms with Gasteiger partial charge in [-0.25, -0.2) is 18.2 Å². The molecule has 0 radical (unpaired) electrons. The molecule has 3 aromatic rings. The fourth-order valence-corrected chi connectivity index (χ4v) is 6.04. The first kappa shape index (κ1) is 31.7. The number of carbonyl (C=O) groups is 1. The van der Waals surface area contributed by atoms with Gasteiger partial charge < -0.3 is 15.1 Å². The standard InChI is InChI=1S/C28H32F3N7O4S/c1-6-19-15-37(26-24-23(36(4)27(40)35-26)10-7-18(13-32)34-24)16(2)14-38(19)25-20(11-12-43(5,41)42)22(33-17(3)39)9-8-21(25)28(29,30)31/h7-10,16,19H,6,11-12,14-15H2,1-5H3,(H,33,39)/t16-,19+/m0/s1. The Morgan fingerprint density at radius 3 is 2.44 bits per heavy atom. The van der Waals surface area contributed by atoms with Crippen molar-refractivity contribution in [1.82, 2.24) is 14.5 Å². The summed E-state index contributed by atoms with van der Waals surface area (Å²) in [5, 5.41) is 12.0. The summed E-state index contributed by atoms with van der Waals surface area (Å²) in [4.78, 5) is 36.8. The van der Waals surface area contributed by atoms with Crippen LogP contribution in [0, 0.1) is 11.3 Å². The van der Waals surface area contributed by atoms with Crippen LogP contribution >= 0.6 is 0 Å². The molecule has 0 saturated carbocycles. The molecule has 0 unspecified atom stereocenters. The summed E-state index contributed by atoms with van der Waals surface area (Å²) in [5.41, 5.74) is -0.622. The van der Waals surface area contributed by atoms with Gasteiger partial charge in [-0.2, -0.15) is 23.4 Å². The minimum Gasteiger partial charge on any atom is -0.364 e. The Kier molecular flexibility index (Phi) is 8.73. The molecule has 0 bridgehead atoms. The highest BCUT2D eigenvalue weighted by molar-refractivity contribution is 7.90. The van der Waals surface area contributed by atoms with Crippen LogP contribution in [-0.4, -0.2) is 66.0 Å². The lowest BCUT2D eigenvalue weighted by atomic mass is 9.96. The fourth-order valence-electron chi connectivity index (χ4n) is 5.47. The fraction of sp³-hybridized carbons (Fsp3) is 0.464. The summed E-state index contributed by atoms with van der Waals surface area (Å²) in [6.45, 7) is 5.01. The first-order valence-electron chi connectivity index (χ1n) is 13.5. The Morgan fingerprint density at radius 2 is 1.86 bits per heavy atom. The molecule has 15 heteroatoms. The second kappa shape index (κ2) is 11.8. The van der Waals surface area contributed by atoms with E-state index in [-0.39, 0.29) is 48.0 Å². The molecule has 1 aromatic carbocycles. The summed E-state index contributed by atoms with van der Waals surface area (Å²) in [6.07, 6.45) is -3.64. The van der Waals surface area contributed by atoms with Crippen LogP contribution in [0.2, 0.25) is 0 Å². The van der Waals surface area contributed by atoms with Crippen LogP contribution in [0.5, 0.6) is 0 Å². The number of rotatable bonds is 7. The lowest BCUT2D eigenvalue weighted by molar-refractivity contribution is -0.137. The molecular formula is C28H32F3N7O4S. The normalized spacial score (nSPS) is 17.7. The number of halogens is 3. The minimum atomic E-state index is -4.77. The summed E-state index contributed by atoms with van der Waals surface area (Å²) in [5.74, 6) is -0.707. The van der Waals surface area contributed by atoms with Crippen molar-refractivity contribution in [3.05, 3.63) is 51.6 Å². The molecule has 0 spiro atoms. The van der Waals surface area contributed by atoms with E-state index in [1.165, 1.54) is 24.6 Å². The maximum atomic E-state index is 14.5. The first-order valence-corrected chi connectivity index (χ1v) is 15.6. The number of aromatic nitrogens is 3. The average Bonchev–Trinajstić information content (AvgIpc) is 2.92. The monoisotopic (exact) mass is 619 g/mol. The molecule has 1 fully saturated rings. The van der Waals surface area contributed by atoms with Crippen LogP contribution in [0.1, 0.15) is 44.0 Å². The van der Waals surface area contributed by atoms with Gasteiger partial charge in [0.1, 0.15) is 27.1 Å². The van der Waals surface area contributed by atoms with Crippen LogP contribution in [0.4, 0.5) is 30.4 Å². The Balaban J connectivity index is 1.89. The van der Waals surface area contributed by atoms with E-state index in [0.717, 1.165) is 18.4 Å². The van der Waals surface area contributed by atoms with E-state index < -0.39 is 51.0 Å². The largest absolute Gasteiger partial charge is 0.418 e. The number of hydrogen-bond donors (Lipinski definition) is 1. The zero-order valence-electron chi connectivity index (χ0n) is 24.4. The van der Waals surface area contributed by atoms with Gasteiger partial charge in [0.05, 0.1) is 22.5 Å². The number of nitrogens with zero attached hydrogens (tertiary/aromatic N) is 6. The van der Waals surface area contributed by atoms with Crippen molar-refractivity contribution in [3.8, 4) is 6.07 Å². The molecule has 1 aliphatic heterocycles. The molecular weight excluding hydrogens is 587 g/mol. The highest BCUT2D eigenvalue weighted by atomic mass is 32.2. The Hall–Kier alpha value is -4.19. The van der Waals surface area contributed by atoms with Crippen molar-refractivity contribution in [2.45, 2.75) is 51.9 Å². The van der Waals surface area contributed by atoms with Crippen molar-refractivity contribution in [1.29, 1.82) is 5.26 Å². The van der Waals surface area contributed by atoms with Gasteiger partial charge in [0.2, 0.25) is 5.91 Å². The number of pyridine rings is 1. The van der Waals surface area contributed by atoms with Gasteiger partial charge in [-0.15, -0.1) is 0 Å². The van der Waals surface area contributed by atoms with Crippen LogP contribution < -0.4 is 20.8 Å². The summed E-state index contributed by atoms with van der Waals surface area (Å²) >= 11 is 0. The van der Waals surface area contributed by atoms with Crippen molar-refractivity contribution >= 4 is 44.0 Å². The van der Waals surface area contributed by atoms with E-state index in [4.69, 9.17) is 0 Å². The van der Waals surface area contributed by atoms with E-state index in [1.807, 2.05) is 17.9 Å². The van der Waals surface area contributed by atoms with E-state index in [9.17, 15) is 36.4 Å². The van der Waals surface area contributed by atoms with Gasteiger partial charge in [-0.05, 0) is 44.0 Å². The number of piperazine rings is 1. The minimum absolute atomic E-state index is 0.0489.